The third-order valence-corrected chi connectivity index (χ3v) is 2.93. The third kappa shape index (κ3) is 2.50. The number of nitrogens with one attached hydrogen (secondary N) is 2. The smallest absolute Gasteiger partial charge is 0.322 e. The first-order valence-electron chi connectivity index (χ1n) is 5.29. The van der Waals surface area contributed by atoms with E-state index in [1.807, 2.05) is 7.05 Å². The van der Waals surface area contributed by atoms with Crippen LogP contribution in [0.3, 0.4) is 0 Å². The summed E-state index contributed by atoms with van der Waals surface area (Å²) in [5.74, 6) is -0.484. The molecular weight excluding hydrogens is 245 g/mol. The molecule has 1 heterocycles. The summed E-state index contributed by atoms with van der Waals surface area (Å²) in [6.45, 7) is 1.23. The lowest BCUT2D eigenvalue weighted by Crippen LogP contribution is -2.35. The second-order valence-electron chi connectivity index (χ2n) is 3.91. The molecule has 0 spiro atoms. The number of halogens is 2. The molecule has 1 saturated heterocycles. The number of hydrogen-bond acceptors (Lipinski definition) is 2. The highest BCUT2D eigenvalue weighted by atomic mass is 35.5. The van der Waals surface area contributed by atoms with Crippen LogP contribution >= 0.6 is 11.6 Å². The number of carbonyl (C=O) groups excluding carboxylic acids is 1. The highest BCUT2D eigenvalue weighted by molar-refractivity contribution is 6.31. The Bertz CT molecular complexity index is 441. The van der Waals surface area contributed by atoms with Gasteiger partial charge < -0.3 is 10.6 Å². The van der Waals surface area contributed by atoms with Gasteiger partial charge in [-0.2, -0.15) is 0 Å². The Hall–Kier alpha value is -1.33. The van der Waals surface area contributed by atoms with Crippen LogP contribution in [-0.4, -0.2) is 32.2 Å². The molecule has 1 fully saturated rings. The van der Waals surface area contributed by atoms with Crippen LogP contribution in [0.15, 0.2) is 18.2 Å². The van der Waals surface area contributed by atoms with Gasteiger partial charge in [-0.1, -0.05) is 11.6 Å². The minimum Gasteiger partial charge on any atom is -0.332 e. The first kappa shape index (κ1) is 12.1. The van der Waals surface area contributed by atoms with E-state index in [0.29, 0.717) is 18.8 Å². The number of benzene rings is 1. The lowest BCUT2D eigenvalue weighted by Gasteiger charge is -2.15. The van der Waals surface area contributed by atoms with Gasteiger partial charge in [0.1, 0.15) is 5.82 Å². The van der Waals surface area contributed by atoms with Gasteiger partial charge in [-0.3, -0.25) is 4.90 Å². The number of rotatable bonds is 3. The van der Waals surface area contributed by atoms with E-state index in [4.69, 9.17) is 11.6 Å². The van der Waals surface area contributed by atoms with E-state index < -0.39 is 5.82 Å². The van der Waals surface area contributed by atoms with Crippen LogP contribution in [-0.2, 0) is 0 Å². The topological polar surface area (TPSA) is 44.4 Å². The van der Waals surface area contributed by atoms with Gasteiger partial charge in [0.25, 0.3) is 0 Å². The van der Waals surface area contributed by atoms with Crippen LogP contribution in [0.2, 0.25) is 5.02 Å². The van der Waals surface area contributed by atoms with Crippen molar-refractivity contribution >= 4 is 23.3 Å². The number of likely N-dealkylation sites (N-methyl/N-ethyl adjacent to an activating group) is 1. The standard InChI is InChI=1S/C11H13ClFN3O/c1-14-5-7-6-16(11(17)15-7)8-2-3-10(13)9(12)4-8/h2-4,7,14H,5-6H2,1H3,(H,15,17). The van der Waals surface area contributed by atoms with Crippen molar-refractivity contribution in [1.82, 2.24) is 10.6 Å². The normalized spacial score (nSPS) is 19.6. The summed E-state index contributed by atoms with van der Waals surface area (Å²) in [7, 11) is 1.82. The maximum Gasteiger partial charge on any atom is 0.322 e. The highest BCUT2D eigenvalue weighted by Crippen LogP contribution is 2.24. The molecule has 92 valence electrons. The van der Waals surface area contributed by atoms with Crippen molar-refractivity contribution in [3.63, 3.8) is 0 Å². The minimum atomic E-state index is -0.484. The van der Waals surface area contributed by atoms with Gasteiger partial charge in [-0.05, 0) is 25.2 Å². The Morgan fingerprint density at radius 3 is 3.06 bits per heavy atom. The molecule has 2 rings (SSSR count). The molecule has 4 nitrogen and oxygen atoms in total. The van der Waals surface area contributed by atoms with Gasteiger partial charge >= 0.3 is 6.03 Å². The zero-order valence-electron chi connectivity index (χ0n) is 9.34. The van der Waals surface area contributed by atoms with Gasteiger partial charge in [-0.15, -0.1) is 0 Å². The second kappa shape index (κ2) is 4.89. The van der Waals surface area contributed by atoms with Crippen LogP contribution < -0.4 is 15.5 Å². The van der Waals surface area contributed by atoms with Gasteiger partial charge in [0, 0.05) is 18.8 Å². The van der Waals surface area contributed by atoms with Crippen molar-refractivity contribution in [3.05, 3.63) is 29.0 Å². The van der Waals surface area contributed by atoms with E-state index in [9.17, 15) is 9.18 Å². The quantitative estimate of drug-likeness (QED) is 0.864. The monoisotopic (exact) mass is 257 g/mol. The molecule has 6 heteroatoms. The maximum absolute atomic E-state index is 13.0. The van der Waals surface area contributed by atoms with Gasteiger partial charge in [0.15, 0.2) is 0 Å². The van der Waals surface area contributed by atoms with Crippen molar-refractivity contribution in [1.29, 1.82) is 0 Å². The minimum absolute atomic E-state index is 0.0207. The van der Waals surface area contributed by atoms with Crippen LogP contribution in [0.5, 0.6) is 0 Å². The zero-order valence-corrected chi connectivity index (χ0v) is 10.1. The molecule has 0 aliphatic carbocycles. The average Bonchev–Trinajstić information content (AvgIpc) is 2.64. The van der Waals surface area contributed by atoms with Crippen LogP contribution in [0.25, 0.3) is 0 Å². The second-order valence-corrected chi connectivity index (χ2v) is 4.32. The Balaban J connectivity index is 2.17. The highest BCUT2D eigenvalue weighted by Gasteiger charge is 2.29. The predicted octanol–water partition coefficient (Wildman–Crippen LogP) is 1.60. The third-order valence-electron chi connectivity index (χ3n) is 2.64. The number of hydrogen-bond donors (Lipinski definition) is 2. The van der Waals surface area contributed by atoms with Crippen LogP contribution in [0, 0.1) is 5.82 Å². The molecule has 0 aromatic heterocycles. The summed E-state index contributed by atoms with van der Waals surface area (Å²) in [5, 5.41) is 5.84. The predicted molar refractivity (Wildman–Crippen MR) is 65.0 cm³/mol. The van der Waals surface area contributed by atoms with E-state index in [0.717, 1.165) is 0 Å². The molecule has 1 unspecified atom stereocenters. The summed E-state index contributed by atoms with van der Waals surface area (Å²) in [6.07, 6.45) is 0. The summed E-state index contributed by atoms with van der Waals surface area (Å²) in [6, 6.07) is 4.13. The lowest BCUT2D eigenvalue weighted by molar-refractivity contribution is 0.251. The number of amides is 2. The molecule has 2 amide bonds. The zero-order chi connectivity index (χ0) is 12.4. The van der Waals surface area contributed by atoms with E-state index in [-0.39, 0.29) is 17.1 Å². The summed E-state index contributed by atoms with van der Waals surface area (Å²) >= 11 is 5.69. The average molecular weight is 258 g/mol. The van der Waals surface area contributed by atoms with E-state index in [1.54, 1.807) is 11.0 Å². The van der Waals surface area contributed by atoms with Crippen LogP contribution in [0.4, 0.5) is 14.9 Å². The largest absolute Gasteiger partial charge is 0.332 e. The number of urea groups is 1. The molecule has 1 aliphatic heterocycles. The lowest BCUT2D eigenvalue weighted by atomic mass is 10.2. The van der Waals surface area contributed by atoms with E-state index in [2.05, 4.69) is 10.6 Å². The summed E-state index contributed by atoms with van der Waals surface area (Å²) in [4.78, 5) is 13.3. The SMILES string of the molecule is CNCC1CN(c2ccc(F)c(Cl)c2)C(=O)N1. The van der Waals surface area contributed by atoms with Crippen molar-refractivity contribution in [2.75, 3.05) is 25.0 Å². The number of anilines is 1. The Morgan fingerprint density at radius 2 is 2.41 bits per heavy atom. The fraction of sp³-hybridized carbons (Fsp3) is 0.364. The fourth-order valence-electron chi connectivity index (χ4n) is 1.84. The Morgan fingerprint density at radius 1 is 1.65 bits per heavy atom. The summed E-state index contributed by atoms with van der Waals surface area (Å²) in [5.41, 5.74) is 0.604. The van der Waals surface area contributed by atoms with Crippen molar-refractivity contribution in [2.45, 2.75) is 6.04 Å². The Kier molecular flexibility index (Phi) is 3.49. The summed E-state index contributed by atoms with van der Waals surface area (Å²) < 4.78 is 13.0. The molecular formula is C11H13ClFN3O. The van der Waals surface area contributed by atoms with E-state index in [1.165, 1.54) is 12.1 Å². The van der Waals surface area contributed by atoms with E-state index >= 15 is 0 Å². The van der Waals surface area contributed by atoms with Crippen LogP contribution in [0.1, 0.15) is 0 Å². The fourth-order valence-corrected chi connectivity index (χ4v) is 2.01. The van der Waals surface area contributed by atoms with Gasteiger partial charge in [-0.25, -0.2) is 9.18 Å². The number of nitrogens with zero attached hydrogens (tertiary/aromatic N) is 1. The molecule has 2 N–H and O–H groups in total. The maximum atomic E-state index is 13.0. The number of carbonyl (C=O) groups is 1. The molecule has 17 heavy (non-hydrogen) atoms. The van der Waals surface area contributed by atoms with Gasteiger partial charge in [0.2, 0.25) is 0 Å². The molecule has 0 bridgehead atoms. The molecule has 1 atom stereocenters. The molecule has 1 aromatic carbocycles. The van der Waals surface area contributed by atoms with Crippen molar-refractivity contribution in [3.8, 4) is 0 Å². The Labute approximate surface area is 104 Å². The first-order chi connectivity index (χ1) is 8.11. The molecule has 1 aliphatic rings. The first-order valence-corrected chi connectivity index (χ1v) is 5.67. The molecule has 0 radical (unpaired) electrons. The van der Waals surface area contributed by atoms with Gasteiger partial charge in [0.05, 0.1) is 11.1 Å². The molecule has 1 aromatic rings. The van der Waals surface area contributed by atoms with Crippen molar-refractivity contribution in [2.24, 2.45) is 0 Å². The molecule has 0 saturated carbocycles. The van der Waals surface area contributed by atoms with Crippen molar-refractivity contribution < 1.29 is 9.18 Å².